The summed E-state index contributed by atoms with van der Waals surface area (Å²) >= 11 is 0. The van der Waals surface area contributed by atoms with Crippen LogP contribution in [-0.4, -0.2) is 32.6 Å². The van der Waals surface area contributed by atoms with Crippen molar-refractivity contribution in [3.05, 3.63) is 12.7 Å². The van der Waals surface area contributed by atoms with Crippen molar-refractivity contribution in [2.45, 2.75) is 25.7 Å². The predicted octanol–water partition coefficient (Wildman–Crippen LogP) is 1.11. The van der Waals surface area contributed by atoms with Crippen molar-refractivity contribution in [3.8, 4) is 0 Å². The van der Waals surface area contributed by atoms with Crippen LogP contribution in [0.15, 0.2) is 12.7 Å². The second kappa shape index (κ2) is 6.62. The summed E-state index contributed by atoms with van der Waals surface area (Å²) < 4.78 is 14.9. The topological polar surface area (TPSA) is 44.8 Å². The fourth-order valence-electron chi connectivity index (χ4n) is 0.992. The lowest BCUT2D eigenvalue weighted by atomic mass is 10.2. The number of esters is 1. The lowest BCUT2D eigenvalue weighted by molar-refractivity contribution is -0.189. The Morgan fingerprint density at radius 1 is 1.46 bits per heavy atom. The van der Waals surface area contributed by atoms with Crippen molar-refractivity contribution < 1.29 is 19.0 Å². The first-order valence-electron chi connectivity index (χ1n) is 3.99. The van der Waals surface area contributed by atoms with E-state index in [9.17, 15) is 4.79 Å². The molecular formula is C9H16O4. The Morgan fingerprint density at radius 2 is 2.00 bits per heavy atom. The molecule has 0 unspecified atom stereocenters. The maximum Gasteiger partial charge on any atom is 0.303 e. The van der Waals surface area contributed by atoms with E-state index in [1.54, 1.807) is 6.08 Å². The Morgan fingerprint density at radius 3 is 2.31 bits per heavy atom. The van der Waals surface area contributed by atoms with Gasteiger partial charge in [0.15, 0.2) is 12.4 Å². The highest BCUT2D eigenvalue weighted by atomic mass is 16.7. The van der Waals surface area contributed by atoms with Gasteiger partial charge in [0.1, 0.15) is 0 Å². The van der Waals surface area contributed by atoms with E-state index < -0.39 is 12.4 Å². The standard InChI is InChI=1S/C9H16O4/c1-5-6-8(13-7(2)10)9(11-3)12-4/h5,8-9H,1,6H2,2-4H3/t8-/m0/s1. The third-order valence-electron chi connectivity index (χ3n) is 1.48. The van der Waals surface area contributed by atoms with Crippen LogP contribution in [0.2, 0.25) is 0 Å². The molecule has 0 saturated heterocycles. The van der Waals surface area contributed by atoms with Crippen LogP contribution in [0, 0.1) is 0 Å². The van der Waals surface area contributed by atoms with Crippen LogP contribution >= 0.6 is 0 Å². The molecule has 0 rings (SSSR count). The van der Waals surface area contributed by atoms with Gasteiger partial charge in [-0.25, -0.2) is 0 Å². The average Bonchev–Trinajstić information content (AvgIpc) is 2.05. The van der Waals surface area contributed by atoms with Gasteiger partial charge < -0.3 is 14.2 Å². The summed E-state index contributed by atoms with van der Waals surface area (Å²) in [6.45, 7) is 4.90. The lowest BCUT2D eigenvalue weighted by Gasteiger charge is -2.22. The van der Waals surface area contributed by atoms with Crippen LogP contribution in [0.3, 0.4) is 0 Å². The van der Waals surface area contributed by atoms with E-state index in [1.165, 1.54) is 21.1 Å². The van der Waals surface area contributed by atoms with Gasteiger partial charge >= 0.3 is 5.97 Å². The normalized spacial score (nSPS) is 12.6. The van der Waals surface area contributed by atoms with Gasteiger partial charge in [-0.1, -0.05) is 6.08 Å². The zero-order chi connectivity index (χ0) is 10.3. The van der Waals surface area contributed by atoms with E-state index in [0.717, 1.165) is 0 Å². The smallest absolute Gasteiger partial charge is 0.303 e. The zero-order valence-corrected chi connectivity index (χ0v) is 8.28. The number of rotatable bonds is 6. The van der Waals surface area contributed by atoms with Crippen molar-refractivity contribution in [1.82, 2.24) is 0 Å². The van der Waals surface area contributed by atoms with Crippen LogP contribution in [0.4, 0.5) is 0 Å². The van der Waals surface area contributed by atoms with Crippen LogP contribution in [-0.2, 0) is 19.0 Å². The Labute approximate surface area is 78.5 Å². The van der Waals surface area contributed by atoms with Gasteiger partial charge in [0.25, 0.3) is 0 Å². The molecule has 0 aliphatic carbocycles. The molecule has 0 aromatic carbocycles. The SMILES string of the molecule is C=CC[C@H](OC(C)=O)C(OC)OC. The molecule has 0 aromatic heterocycles. The quantitative estimate of drug-likeness (QED) is 0.356. The van der Waals surface area contributed by atoms with Gasteiger partial charge in [-0.2, -0.15) is 0 Å². The van der Waals surface area contributed by atoms with Crippen LogP contribution in [0.1, 0.15) is 13.3 Å². The predicted molar refractivity (Wildman–Crippen MR) is 48.2 cm³/mol. The molecule has 0 aliphatic heterocycles. The molecule has 4 heteroatoms. The molecule has 0 amide bonds. The molecule has 4 nitrogen and oxygen atoms in total. The van der Waals surface area contributed by atoms with Crippen molar-refractivity contribution in [2.75, 3.05) is 14.2 Å². The highest BCUT2D eigenvalue weighted by molar-refractivity contribution is 5.66. The van der Waals surface area contributed by atoms with E-state index >= 15 is 0 Å². The minimum Gasteiger partial charge on any atom is -0.457 e. The van der Waals surface area contributed by atoms with Crippen molar-refractivity contribution in [3.63, 3.8) is 0 Å². The maximum atomic E-state index is 10.7. The summed E-state index contributed by atoms with van der Waals surface area (Å²) in [5.74, 6) is -0.356. The minimum absolute atomic E-state index is 0.356. The molecule has 0 spiro atoms. The van der Waals surface area contributed by atoms with Crippen molar-refractivity contribution in [2.24, 2.45) is 0 Å². The number of ether oxygens (including phenoxy) is 3. The molecule has 0 N–H and O–H groups in total. The fourth-order valence-corrected chi connectivity index (χ4v) is 0.992. The zero-order valence-electron chi connectivity index (χ0n) is 8.28. The Kier molecular flexibility index (Phi) is 6.18. The van der Waals surface area contributed by atoms with E-state index in [1.807, 2.05) is 0 Å². The van der Waals surface area contributed by atoms with Gasteiger partial charge in [0.2, 0.25) is 0 Å². The first-order chi connectivity index (χ1) is 6.15. The third-order valence-corrected chi connectivity index (χ3v) is 1.48. The number of carbonyl (C=O) groups is 1. The molecule has 13 heavy (non-hydrogen) atoms. The summed E-state index contributed by atoms with van der Waals surface area (Å²) in [6, 6.07) is 0. The first-order valence-corrected chi connectivity index (χ1v) is 3.99. The molecule has 0 aliphatic rings. The molecule has 0 heterocycles. The lowest BCUT2D eigenvalue weighted by Crippen LogP contribution is -2.33. The number of hydrogen-bond donors (Lipinski definition) is 0. The van der Waals surface area contributed by atoms with Crippen molar-refractivity contribution in [1.29, 1.82) is 0 Å². The molecule has 0 saturated carbocycles. The van der Waals surface area contributed by atoms with Gasteiger partial charge in [-0.05, 0) is 0 Å². The first kappa shape index (κ1) is 12.1. The number of methoxy groups -OCH3 is 2. The van der Waals surface area contributed by atoms with Gasteiger partial charge in [-0.15, -0.1) is 6.58 Å². The Bertz CT molecular complexity index is 163. The summed E-state index contributed by atoms with van der Waals surface area (Å²) in [4.78, 5) is 10.7. The summed E-state index contributed by atoms with van der Waals surface area (Å²) in [6.07, 6.45) is 1.19. The van der Waals surface area contributed by atoms with Crippen molar-refractivity contribution >= 4 is 5.97 Å². The molecule has 0 aromatic rings. The van der Waals surface area contributed by atoms with Crippen LogP contribution < -0.4 is 0 Å². The summed E-state index contributed by atoms with van der Waals surface area (Å²) in [7, 11) is 2.99. The minimum atomic E-state index is -0.540. The van der Waals surface area contributed by atoms with E-state index in [-0.39, 0.29) is 5.97 Å². The van der Waals surface area contributed by atoms with Gasteiger partial charge in [-0.3, -0.25) is 4.79 Å². The van der Waals surface area contributed by atoms with E-state index in [2.05, 4.69) is 6.58 Å². The molecule has 0 radical (unpaired) electrons. The highest BCUT2D eigenvalue weighted by Gasteiger charge is 2.22. The van der Waals surface area contributed by atoms with Crippen LogP contribution in [0.5, 0.6) is 0 Å². The summed E-state index contributed by atoms with van der Waals surface area (Å²) in [5.41, 5.74) is 0. The van der Waals surface area contributed by atoms with Gasteiger partial charge in [0, 0.05) is 27.6 Å². The molecule has 1 atom stereocenters. The Hall–Kier alpha value is -0.870. The molecule has 0 bridgehead atoms. The average molecular weight is 188 g/mol. The summed E-state index contributed by atoms with van der Waals surface area (Å²) in [5, 5.41) is 0. The second-order valence-electron chi connectivity index (χ2n) is 2.51. The van der Waals surface area contributed by atoms with E-state index in [4.69, 9.17) is 14.2 Å². The molecule has 0 fully saturated rings. The third kappa shape index (κ3) is 4.65. The number of hydrogen-bond acceptors (Lipinski definition) is 4. The highest BCUT2D eigenvalue weighted by Crippen LogP contribution is 2.09. The maximum absolute atomic E-state index is 10.7. The monoisotopic (exact) mass is 188 g/mol. The van der Waals surface area contributed by atoms with Gasteiger partial charge in [0.05, 0.1) is 0 Å². The van der Waals surface area contributed by atoms with E-state index in [0.29, 0.717) is 6.42 Å². The largest absolute Gasteiger partial charge is 0.457 e. The molecular weight excluding hydrogens is 172 g/mol. The second-order valence-corrected chi connectivity index (χ2v) is 2.51. The number of carbonyl (C=O) groups excluding carboxylic acids is 1. The molecule has 76 valence electrons. The fraction of sp³-hybridized carbons (Fsp3) is 0.667. The Balaban J connectivity index is 4.18. The van der Waals surface area contributed by atoms with Crippen LogP contribution in [0.25, 0.3) is 0 Å².